The van der Waals surface area contributed by atoms with Crippen LogP contribution in [-0.4, -0.2) is 0 Å². The van der Waals surface area contributed by atoms with Gasteiger partial charge in [0.05, 0.1) is 0 Å². The van der Waals surface area contributed by atoms with Crippen LogP contribution < -0.4 is 0 Å². The molecule has 0 bridgehead atoms. The van der Waals surface area contributed by atoms with Crippen LogP contribution in [0, 0.1) is 6.92 Å². The molecule has 2 radical (unpaired) electrons. The summed E-state index contributed by atoms with van der Waals surface area (Å²) in [7, 11) is 0. The molecule has 0 aliphatic rings. The minimum Gasteiger partial charge on any atom is -0.0843 e. The van der Waals surface area contributed by atoms with Gasteiger partial charge in [-0.1, -0.05) is 42.4 Å². The van der Waals surface area contributed by atoms with Crippen molar-refractivity contribution >= 4 is 16.6 Å². The summed E-state index contributed by atoms with van der Waals surface area (Å²) in [5.74, 6) is 0. The summed E-state index contributed by atoms with van der Waals surface area (Å²) < 4.78 is 0. The first-order valence-electron chi connectivity index (χ1n) is 2.90. The molecule has 1 aromatic rings. The van der Waals surface area contributed by atoms with Crippen molar-refractivity contribution in [3.05, 3.63) is 48.9 Å². The van der Waals surface area contributed by atoms with Crippen LogP contribution in [-0.2, 0) is 0 Å². The summed E-state index contributed by atoms with van der Waals surface area (Å²) in [5, 5.41) is 0.542. The second kappa shape index (κ2) is 2.89. The molecule has 0 N–H and O–H groups in total. The number of hydrogen-bond acceptors (Lipinski definition) is 0. The van der Waals surface area contributed by atoms with E-state index in [-0.39, 0.29) is 0 Å². The van der Waals surface area contributed by atoms with Crippen molar-refractivity contribution in [1.29, 1.82) is 0 Å². The zero-order valence-electron chi connectivity index (χ0n) is 5.47. The van der Waals surface area contributed by atoms with E-state index in [0.717, 1.165) is 11.1 Å². The number of rotatable bonds is 1. The van der Waals surface area contributed by atoms with Crippen molar-refractivity contribution in [2.45, 2.75) is 0 Å². The maximum atomic E-state index is 5.62. The highest BCUT2D eigenvalue weighted by atomic mass is 35.5. The van der Waals surface area contributed by atoms with Gasteiger partial charge in [0.25, 0.3) is 0 Å². The van der Waals surface area contributed by atoms with E-state index in [4.69, 9.17) is 18.5 Å². The van der Waals surface area contributed by atoms with Crippen molar-refractivity contribution in [2.75, 3.05) is 0 Å². The number of benzene rings is 1. The first-order valence-corrected chi connectivity index (χ1v) is 3.28. The van der Waals surface area contributed by atoms with Gasteiger partial charge in [0.2, 0.25) is 0 Å². The molecule has 0 saturated heterocycles. The van der Waals surface area contributed by atoms with E-state index in [1.54, 1.807) is 12.1 Å². The Labute approximate surface area is 66.1 Å². The predicted molar refractivity (Wildman–Crippen MR) is 44.7 cm³/mol. The Hall–Kier alpha value is -0.750. The van der Waals surface area contributed by atoms with Gasteiger partial charge in [-0.05, 0) is 18.1 Å². The Balaban J connectivity index is 3.00. The fraction of sp³-hybridized carbons (Fsp3) is 0. The monoisotopic (exact) mass is 150 g/mol. The van der Waals surface area contributed by atoms with Gasteiger partial charge in [0.15, 0.2) is 0 Å². The van der Waals surface area contributed by atoms with Gasteiger partial charge in [-0.25, -0.2) is 0 Å². The van der Waals surface area contributed by atoms with Crippen LogP contribution in [0.2, 0.25) is 0 Å². The van der Waals surface area contributed by atoms with Crippen molar-refractivity contribution in [3.8, 4) is 0 Å². The first-order chi connectivity index (χ1) is 4.70. The van der Waals surface area contributed by atoms with Gasteiger partial charge in [0, 0.05) is 5.03 Å². The van der Waals surface area contributed by atoms with Crippen LogP contribution in [0.25, 0.3) is 5.03 Å². The normalized spacial score (nSPS) is 9.40. The summed E-state index contributed by atoms with van der Waals surface area (Å²) in [6, 6.07) is 7.26. The lowest BCUT2D eigenvalue weighted by atomic mass is 10.1. The van der Waals surface area contributed by atoms with Crippen molar-refractivity contribution in [2.24, 2.45) is 0 Å². The highest BCUT2D eigenvalue weighted by Gasteiger charge is 1.91. The fourth-order valence-electron chi connectivity index (χ4n) is 0.664. The van der Waals surface area contributed by atoms with Gasteiger partial charge in [0.1, 0.15) is 0 Å². The van der Waals surface area contributed by atoms with Crippen LogP contribution in [0.4, 0.5) is 0 Å². The van der Waals surface area contributed by atoms with E-state index >= 15 is 0 Å². The molecule has 0 nitrogen and oxygen atoms in total. The lowest BCUT2D eigenvalue weighted by molar-refractivity contribution is 1.58. The van der Waals surface area contributed by atoms with Crippen LogP contribution in [0.5, 0.6) is 0 Å². The van der Waals surface area contributed by atoms with Gasteiger partial charge in [-0.15, -0.1) is 0 Å². The molecule has 0 spiro atoms. The summed E-state index contributed by atoms with van der Waals surface area (Å²) in [6.45, 7) is 9.03. The smallest absolute Gasteiger partial charge is 0.0406 e. The highest BCUT2D eigenvalue weighted by Crippen LogP contribution is 2.15. The predicted octanol–water partition coefficient (Wildman–Crippen LogP) is 2.96. The number of hydrogen-bond donors (Lipinski definition) is 0. The minimum absolute atomic E-state index is 0.542. The second-order valence-corrected chi connectivity index (χ2v) is 2.48. The molecule has 1 heteroatoms. The summed E-state index contributed by atoms with van der Waals surface area (Å²) >= 11 is 5.62. The van der Waals surface area contributed by atoms with Crippen LogP contribution in [0.15, 0.2) is 30.8 Å². The van der Waals surface area contributed by atoms with E-state index < -0.39 is 0 Å². The lowest BCUT2D eigenvalue weighted by Gasteiger charge is -1.95. The average molecular weight is 151 g/mol. The molecular formula is C9H7Cl. The topological polar surface area (TPSA) is 0 Å². The molecule has 0 unspecified atom stereocenters. The molecule has 0 atom stereocenters. The van der Waals surface area contributed by atoms with Crippen LogP contribution >= 0.6 is 11.6 Å². The molecule has 0 saturated carbocycles. The molecule has 0 aliphatic carbocycles. The first kappa shape index (κ1) is 7.36. The van der Waals surface area contributed by atoms with Gasteiger partial charge < -0.3 is 0 Å². The standard InChI is InChI=1S/C9H7Cl/c1-7-3-5-9(6-4-7)8(2)10/h1,3-6H,2H2. The average Bonchev–Trinajstić information content (AvgIpc) is 1.88. The van der Waals surface area contributed by atoms with Crippen molar-refractivity contribution in [3.63, 3.8) is 0 Å². The van der Waals surface area contributed by atoms with Crippen LogP contribution in [0.1, 0.15) is 11.1 Å². The third-order valence-electron chi connectivity index (χ3n) is 1.22. The molecule has 0 aromatic heterocycles. The molecule has 0 aliphatic heterocycles. The van der Waals surface area contributed by atoms with E-state index in [1.807, 2.05) is 12.1 Å². The maximum Gasteiger partial charge on any atom is 0.0406 e. The van der Waals surface area contributed by atoms with E-state index in [9.17, 15) is 0 Å². The molecule has 50 valence electrons. The molecular weight excluding hydrogens is 144 g/mol. The Morgan fingerprint density at radius 2 is 1.80 bits per heavy atom. The Bertz CT molecular complexity index is 233. The van der Waals surface area contributed by atoms with Crippen molar-refractivity contribution in [1.82, 2.24) is 0 Å². The molecule has 0 amide bonds. The minimum atomic E-state index is 0.542. The van der Waals surface area contributed by atoms with Gasteiger partial charge >= 0.3 is 0 Å². The maximum absolute atomic E-state index is 5.62. The molecule has 0 fully saturated rings. The quantitative estimate of drug-likeness (QED) is 0.578. The molecule has 10 heavy (non-hydrogen) atoms. The van der Waals surface area contributed by atoms with Gasteiger partial charge in [-0.2, -0.15) is 0 Å². The van der Waals surface area contributed by atoms with E-state index in [2.05, 4.69) is 6.58 Å². The lowest BCUT2D eigenvalue weighted by Crippen LogP contribution is -1.75. The number of halogens is 1. The van der Waals surface area contributed by atoms with Gasteiger partial charge in [-0.3, -0.25) is 0 Å². The zero-order valence-corrected chi connectivity index (χ0v) is 6.23. The molecule has 1 rings (SSSR count). The highest BCUT2D eigenvalue weighted by molar-refractivity contribution is 6.48. The zero-order chi connectivity index (χ0) is 7.56. The molecule has 0 heterocycles. The Morgan fingerprint density at radius 1 is 1.30 bits per heavy atom. The summed E-state index contributed by atoms with van der Waals surface area (Å²) in [5.41, 5.74) is 1.65. The Morgan fingerprint density at radius 3 is 2.20 bits per heavy atom. The fourth-order valence-corrected chi connectivity index (χ4v) is 0.790. The van der Waals surface area contributed by atoms with E-state index in [1.165, 1.54) is 0 Å². The Kier molecular flexibility index (Phi) is 2.13. The van der Waals surface area contributed by atoms with E-state index in [0.29, 0.717) is 5.03 Å². The third kappa shape index (κ3) is 1.61. The SMILES string of the molecule is [CH]c1ccc(C(=C)Cl)cc1. The molecule has 1 aromatic carbocycles. The largest absolute Gasteiger partial charge is 0.0843 e. The van der Waals surface area contributed by atoms with Crippen LogP contribution in [0.3, 0.4) is 0 Å². The second-order valence-electron chi connectivity index (χ2n) is 2.03. The van der Waals surface area contributed by atoms with Crippen molar-refractivity contribution < 1.29 is 0 Å². The third-order valence-corrected chi connectivity index (χ3v) is 1.44. The summed E-state index contributed by atoms with van der Waals surface area (Å²) in [6.07, 6.45) is 0. The summed E-state index contributed by atoms with van der Waals surface area (Å²) in [4.78, 5) is 0.